The van der Waals surface area contributed by atoms with E-state index in [9.17, 15) is 13.2 Å². The second-order valence-corrected chi connectivity index (χ2v) is 4.30. The van der Waals surface area contributed by atoms with Gasteiger partial charge in [0.2, 0.25) is 0 Å². The van der Waals surface area contributed by atoms with Gasteiger partial charge in [0, 0.05) is 11.2 Å². The molecule has 0 bridgehead atoms. The standard InChI is InChI=1S/C13H15F3N2/c1-17-6-2-3-11-7-9-4-5-10(13(14,15)16)8-12(9)18-11/h4-5,7-8,17-18H,2-3,6H2,1H3. The summed E-state index contributed by atoms with van der Waals surface area (Å²) < 4.78 is 37.6. The van der Waals surface area contributed by atoms with Crippen molar-refractivity contribution in [3.63, 3.8) is 0 Å². The Labute approximate surface area is 103 Å². The van der Waals surface area contributed by atoms with Crippen LogP contribution in [0, 0.1) is 0 Å². The summed E-state index contributed by atoms with van der Waals surface area (Å²) in [7, 11) is 1.88. The van der Waals surface area contributed by atoms with Crippen LogP contribution in [0.2, 0.25) is 0 Å². The summed E-state index contributed by atoms with van der Waals surface area (Å²) >= 11 is 0. The third kappa shape index (κ3) is 2.85. The van der Waals surface area contributed by atoms with Crippen molar-refractivity contribution in [3.8, 4) is 0 Å². The molecule has 1 aromatic heterocycles. The molecule has 0 atom stereocenters. The molecule has 2 aromatic rings. The molecule has 0 spiro atoms. The monoisotopic (exact) mass is 256 g/mol. The number of hydrogen-bond donors (Lipinski definition) is 2. The number of nitrogens with one attached hydrogen (secondary N) is 2. The van der Waals surface area contributed by atoms with Gasteiger partial charge in [-0.2, -0.15) is 13.2 Å². The number of hydrogen-bond acceptors (Lipinski definition) is 1. The molecule has 0 fully saturated rings. The van der Waals surface area contributed by atoms with E-state index in [4.69, 9.17) is 0 Å². The summed E-state index contributed by atoms with van der Waals surface area (Å²) in [5, 5.41) is 3.86. The summed E-state index contributed by atoms with van der Waals surface area (Å²) in [6.45, 7) is 0.892. The minimum absolute atomic E-state index is 0.546. The van der Waals surface area contributed by atoms with Crippen molar-refractivity contribution in [1.29, 1.82) is 0 Å². The lowest BCUT2D eigenvalue weighted by molar-refractivity contribution is -0.137. The Bertz CT molecular complexity index is 529. The van der Waals surface area contributed by atoms with Gasteiger partial charge in [0.05, 0.1) is 5.56 Å². The summed E-state index contributed by atoms with van der Waals surface area (Å²) in [6.07, 6.45) is -2.50. The zero-order valence-corrected chi connectivity index (χ0v) is 10.1. The molecular formula is C13H15F3N2. The first kappa shape index (κ1) is 13.0. The molecule has 5 heteroatoms. The predicted molar refractivity (Wildman–Crippen MR) is 65.5 cm³/mol. The number of halogens is 3. The van der Waals surface area contributed by atoms with Gasteiger partial charge in [-0.05, 0) is 50.0 Å². The van der Waals surface area contributed by atoms with E-state index in [1.807, 2.05) is 13.1 Å². The zero-order chi connectivity index (χ0) is 13.2. The first-order valence-corrected chi connectivity index (χ1v) is 5.84. The Kier molecular flexibility index (Phi) is 3.61. The SMILES string of the molecule is CNCCCc1cc2ccc(C(F)(F)F)cc2[nH]1. The van der Waals surface area contributed by atoms with Gasteiger partial charge in [0.1, 0.15) is 0 Å². The van der Waals surface area contributed by atoms with Gasteiger partial charge < -0.3 is 10.3 Å². The molecule has 0 aliphatic heterocycles. The Hall–Kier alpha value is -1.49. The third-order valence-corrected chi connectivity index (χ3v) is 2.88. The lowest BCUT2D eigenvalue weighted by atomic mass is 10.1. The van der Waals surface area contributed by atoms with Crippen LogP contribution in [0.25, 0.3) is 10.9 Å². The third-order valence-electron chi connectivity index (χ3n) is 2.88. The predicted octanol–water partition coefficient (Wildman–Crippen LogP) is 3.34. The summed E-state index contributed by atoms with van der Waals surface area (Å²) in [5.74, 6) is 0. The molecular weight excluding hydrogens is 241 g/mol. The number of aromatic nitrogens is 1. The Morgan fingerprint density at radius 1 is 1.22 bits per heavy atom. The largest absolute Gasteiger partial charge is 0.416 e. The molecule has 18 heavy (non-hydrogen) atoms. The molecule has 0 amide bonds. The lowest BCUT2D eigenvalue weighted by Crippen LogP contribution is -2.08. The molecule has 0 aliphatic rings. The first-order valence-electron chi connectivity index (χ1n) is 5.84. The van der Waals surface area contributed by atoms with E-state index in [1.165, 1.54) is 6.07 Å². The fourth-order valence-corrected chi connectivity index (χ4v) is 1.95. The fraction of sp³-hybridized carbons (Fsp3) is 0.385. The number of H-pyrrole nitrogens is 1. The Morgan fingerprint density at radius 2 is 2.00 bits per heavy atom. The van der Waals surface area contributed by atoms with Crippen LogP contribution in [-0.2, 0) is 12.6 Å². The molecule has 0 unspecified atom stereocenters. The van der Waals surface area contributed by atoms with Crippen molar-refractivity contribution in [2.45, 2.75) is 19.0 Å². The summed E-state index contributed by atoms with van der Waals surface area (Å²) in [5.41, 5.74) is 0.905. The van der Waals surface area contributed by atoms with Gasteiger partial charge in [0.25, 0.3) is 0 Å². The van der Waals surface area contributed by atoms with Crippen molar-refractivity contribution in [3.05, 3.63) is 35.5 Å². The number of fused-ring (bicyclic) bond motifs is 1. The lowest BCUT2D eigenvalue weighted by Gasteiger charge is -2.05. The van der Waals surface area contributed by atoms with Crippen molar-refractivity contribution >= 4 is 10.9 Å². The minimum atomic E-state index is -4.29. The van der Waals surface area contributed by atoms with Crippen LogP contribution in [0.1, 0.15) is 17.7 Å². The molecule has 0 aliphatic carbocycles. The summed E-state index contributed by atoms with van der Waals surface area (Å²) in [6, 6.07) is 5.70. The van der Waals surface area contributed by atoms with E-state index < -0.39 is 11.7 Å². The molecule has 0 saturated carbocycles. The van der Waals surface area contributed by atoms with Gasteiger partial charge in [0.15, 0.2) is 0 Å². The quantitative estimate of drug-likeness (QED) is 0.807. The smallest absolute Gasteiger partial charge is 0.358 e. The maximum atomic E-state index is 12.5. The average Bonchev–Trinajstić information content (AvgIpc) is 2.69. The molecule has 1 aromatic carbocycles. The van der Waals surface area contributed by atoms with Crippen molar-refractivity contribution in [2.75, 3.05) is 13.6 Å². The number of rotatable bonds is 4. The van der Waals surface area contributed by atoms with E-state index in [2.05, 4.69) is 10.3 Å². The Balaban J connectivity index is 2.23. The number of benzene rings is 1. The first-order chi connectivity index (χ1) is 8.50. The fourth-order valence-electron chi connectivity index (χ4n) is 1.95. The van der Waals surface area contributed by atoms with Crippen LogP contribution in [-0.4, -0.2) is 18.6 Å². The van der Waals surface area contributed by atoms with Crippen LogP contribution < -0.4 is 5.32 Å². The molecule has 2 nitrogen and oxygen atoms in total. The molecule has 0 radical (unpaired) electrons. The highest BCUT2D eigenvalue weighted by Gasteiger charge is 2.30. The zero-order valence-electron chi connectivity index (χ0n) is 10.1. The van der Waals surface area contributed by atoms with Gasteiger partial charge >= 0.3 is 6.18 Å². The highest BCUT2D eigenvalue weighted by molar-refractivity contribution is 5.81. The molecule has 2 rings (SSSR count). The van der Waals surface area contributed by atoms with Gasteiger partial charge in [-0.1, -0.05) is 6.07 Å². The van der Waals surface area contributed by atoms with Gasteiger partial charge in [-0.15, -0.1) is 0 Å². The van der Waals surface area contributed by atoms with Gasteiger partial charge in [-0.3, -0.25) is 0 Å². The minimum Gasteiger partial charge on any atom is -0.358 e. The molecule has 2 N–H and O–H groups in total. The van der Waals surface area contributed by atoms with E-state index >= 15 is 0 Å². The summed E-state index contributed by atoms with van der Waals surface area (Å²) in [4.78, 5) is 3.04. The Morgan fingerprint density at radius 3 is 2.67 bits per heavy atom. The number of aryl methyl sites for hydroxylation is 1. The molecule has 0 saturated heterocycles. The van der Waals surface area contributed by atoms with E-state index in [0.29, 0.717) is 5.52 Å². The molecule has 98 valence electrons. The van der Waals surface area contributed by atoms with E-state index in [1.54, 1.807) is 0 Å². The van der Waals surface area contributed by atoms with Crippen LogP contribution >= 0.6 is 0 Å². The average molecular weight is 256 g/mol. The van der Waals surface area contributed by atoms with Crippen LogP contribution in [0.15, 0.2) is 24.3 Å². The van der Waals surface area contributed by atoms with Crippen molar-refractivity contribution < 1.29 is 13.2 Å². The maximum Gasteiger partial charge on any atom is 0.416 e. The van der Waals surface area contributed by atoms with E-state index in [0.717, 1.165) is 42.6 Å². The topological polar surface area (TPSA) is 27.8 Å². The van der Waals surface area contributed by atoms with Crippen molar-refractivity contribution in [2.24, 2.45) is 0 Å². The highest BCUT2D eigenvalue weighted by atomic mass is 19.4. The second-order valence-electron chi connectivity index (χ2n) is 4.30. The van der Waals surface area contributed by atoms with Crippen LogP contribution in [0.3, 0.4) is 0 Å². The second kappa shape index (κ2) is 5.02. The maximum absolute atomic E-state index is 12.5. The van der Waals surface area contributed by atoms with E-state index in [-0.39, 0.29) is 0 Å². The molecule has 1 heterocycles. The normalized spacial score (nSPS) is 12.2. The van der Waals surface area contributed by atoms with Crippen molar-refractivity contribution in [1.82, 2.24) is 10.3 Å². The highest BCUT2D eigenvalue weighted by Crippen LogP contribution is 2.31. The number of aromatic amines is 1. The van der Waals surface area contributed by atoms with Gasteiger partial charge in [-0.25, -0.2) is 0 Å². The van der Waals surface area contributed by atoms with Crippen LogP contribution in [0.4, 0.5) is 13.2 Å². The van der Waals surface area contributed by atoms with Crippen LogP contribution in [0.5, 0.6) is 0 Å². The number of alkyl halides is 3.